The molecular formula is C16H16N4O. The summed E-state index contributed by atoms with van der Waals surface area (Å²) in [6.07, 6.45) is 0. The molecule has 0 amide bonds. The molecule has 5 nitrogen and oxygen atoms in total. The SMILES string of the molecule is Cc1ccc(C)c(-c2nnn(-c3ccccc3O)c2N)c1. The van der Waals surface area contributed by atoms with Crippen molar-refractivity contribution in [1.29, 1.82) is 0 Å². The summed E-state index contributed by atoms with van der Waals surface area (Å²) in [5, 5.41) is 18.2. The third kappa shape index (κ3) is 2.23. The number of anilines is 1. The number of rotatable bonds is 2. The standard InChI is InChI=1S/C16H16N4O/c1-10-7-8-11(2)12(9-10)15-16(17)20(19-18-15)13-5-3-4-6-14(13)21/h3-9,21H,17H2,1-2H3. The molecule has 1 heterocycles. The van der Waals surface area contributed by atoms with Crippen LogP contribution in [0.25, 0.3) is 16.9 Å². The highest BCUT2D eigenvalue weighted by Crippen LogP contribution is 2.30. The molecule has 21 heavy (non-hydrogen) atoms. The molecule has 3 aromatic rings. The normalized spacial score (nSPS) is 10.8. The van der Waals surface area contributed by atoms with Crippen molar-refractivity contribution in [2.24, 2.45) is 0 Å². The van der Waals surface area contributed by atoms with Gasteiger partial charge in [0.25, 0.3) is 0 Å². The second kappa shape index (κ2) is 4.94. The van der Waals surface area contributed by atoms with Gasteiger partial charge in [0.15, 0.2) is 5.82 Å². The molecule has 0 saturated carbocycles. The van der Waals surface area contributed by atoms with E-state index in [0.29, 0.717) is 17.2 Å². The maximum absolute atomic E-state index is 9.92. The Hall–Kier alpha value is -2.82. The van der Waals surface area contributed by atoms with E-state index in [-0.39, 0.29) is 5.75 Å². The summed E-state index contributed by atoms with van der Waals surface area (Å²) in [5.74, 6) is 0.520. The van der Waals surface area contributed by atoms with Gasteiger partial charge < -0.3 is 10.8 Å². The first-order valence-corrected chi connectivity index (χ1v) is 6.65. The third-order valence-electron chi connectivity index (χ3n) is 3.46. The van der Waals surface area contributed by atoms with Crippen LogP contribution in [0.5, 0.6) is 5.75 Å². The molecule has 0 aliphatic rings. The first-order chi connectivity index (χ1) is 10.1. The predicted molar refractivity (Wildman–Crippen MR) is 82.3 cm³/mol. The number of aryl methyl sites for hydroxylation is 2. The van der Waals surface area contributed by atoms with Crippen LogP contribution in [-0.2, 0) is 0 Å². The molecule has 0 saturated heterocycles. The van der Waals surface area contributed by atoms with Gasteiger partial charge in [0.2, 0.25) is 0 Å². The van der Waals surface area contributed by atoms with E-state index in [1.165, 1.54) is 4.68 Å². The molecule has 0 bridgehead atoms. The Morgan fingerprint density at radius 2 is 1.86 bits per heavy atom. The fourth-order valence-electron chi connectivity index (χ4n) is 2.29. The van der Waals surface area contributed by atoms with Gasteiger partial charge in [-0.2, -0.15) is 4.68 Å². The van der Waals surface area contributed by atoms with E-state index in [1.807, 2.05) is 38.1 Å². The number of phenolic OH excluding ortho intramolecular Hbond substituents is 1. The highest BCUT2D eigenvalue weighted by molar-refractivity contribution is 5.74. The topological polar surface area (TPSA) is 77.0 Å². The van der Waals surface area contributed by atoms with Crippen LogP contribution in [0.3, 0.4) is 0 Å². The van der Waals surface area contributed by atoms with Crippen LogP contribution < -0.4 is 5.73 Å². The van der Waals surface area contributed by atoms with Crippen LogP contribution in [0.1, 0.15) is 11.1 Å². The van der Waals surface area contributed by atoms with Crippen LogP contribution in [0.2, 0.25) is 0 Å². The summed E-state index contributed by atoms with van der Waals surface area (Å²) in [6, 6.07) is 13.0. The average Bonchev–Trinajstić information content (AvgIpc) is 2.84. The van der Waals surface area contributed by atoms with Crippen molar-refractivity contribution >= 4 is 5.82 Å². The summed E-state index contributed by atoms with van der Waals surface area (Å²) in [4.78, 5) is 0. The number of aromatic hydroxyl groups is 1. The van der Waals surface area contributed by atoms with E-state index < -0.39 is 0 Å². The maximum Gasteiger partial charge on any atom is 0.156 e. The van der Waals surface area contributed by atoms with Gasteiger partial charge in [-0.15, -0.1) is 5.10 Å². The zero-order valence-electron chi connectivity index (χ0n) is 11.9. The number of hydrogen-bond acceptors (Lipinski definition) is 4. The summed E-state index contributed by atoms with van der Waals surface area (Å²) < 4.78 is 1.45. The number of nitrogens with two attached hydrogens (primary N) is 1. The molecule has 0 aliphatic carbocycles. The summed E-state index contributed by atoms with van der Waals surface area (Å²) in [7, 11) is 0. The Kier molecular flexibility index (Phi) is 3.10. The number of nitrogens with zero attached hydrogens (tertiary/aromatic N) is 3. The number of hydrogen-bond donors (Lipinski definition) is 2. The highest BCUT2D eigenvalue weighted by Gasteiger charge is 2.16. The molecule has 5 heteroatoms. The van der Waals surface area contributed by atoms with Gasteiger partial charge >= 0.3 is 0 Å². The van der Waals surface area contributed by atoms with Gasteiger partial charge in [0.05, 0.1) is 0 Å². The second-order valence-corrected chi connectivity index (χ2v) is 5.04. The van der Waals surface area contributed by atoms with Gasteiger partial charge in [-0.3, -0.25) is 0 Å². The smallest absolute Gasteiger partial charge is 0.156 e. The molecular weight excluding hydrogens is 264 g/mol. The van der Waals surface area contributed by atoms with Crippen LogP contribution in [-0.4, -0.2) is 20.1 Å². The third-order valence-corrected chi connectivity index (χ3v) is 3.46. The molecule has 3 rings (SSSR count). The molecule has 0 radical (unpaired) electrons. The Bertz CT molecular complexity index is 808. The fraction of sp³-hybridized carbons (Fsp3) is 0.125. The molecule has 0 unspecified atom stereocenters. The van der Waals surface area contributed by atoms with Crippen molar-refractivity contribution in [2.45, 2.75) is 13.8 Å². The summed E-state index contributed by atoms with van der Waals surface area (Å²) in [5.41, 5.74) is 10.5. The van der Waals surface area contributed by atoms with Crippen LogP contribution >= 0.6 is 0 Å². The predicted octanol–water partition coefficient (Wildman–Crippen LogP) is 2.84. The van der Waals surface area contributed by atoms with Gasteiger partial charge in [-0.25, -0.2) is 0 Å². The second-order valence-electron chi connectivity index (χ2n) is 5.04. The van der Waals surface area contributed by atoms with Crippen molar-refractivity contribution in [3.05, 3.63) is 53.6 Å². The number of benzene rings is 2. The van der Waals surface area contributed by atoms with Gasteiger partial charge in [0.1, 0.15) is 17.1 Å². The minimum absolute atomic E-state index is 0.113. The minimum Gasteiger partial charge on any atom is -0.506 e. The molecule has 0 spiro atoms. The zero-order valence-corrected chi connectivity index (χ0v) is 11.9. The summed E-state index contributed by atoms with van der Waals surface area (Å²) in [6.45, 7) is 4.03. The lowest BCUT2D eigenvalue weighted by Gasteiger charge is -2.07. The van der Waals surface area contributed by atoms with E-state index in [2.05, 4.69) is 10.3 Å². The molecule has 1 aromatic heterocycles. The Morgan fingerprint density at radius 3 is 2.62 bits per heavy atom. The average molecular weight is 280 g/mol. The monoisotopic (exact) mass is 280 g/mol. The number of phenols is 1. The van der Waals surface area contributed by atoms with Crippen molar-refractivity contribution in [2.75, 3.05) is 5.73 Å². The van der Waals surface area contributed by atoms with Gasteiger partial charge in [0, 0.05) is 5.56 Å². The highest BCUT2D eigenvalue weighted by atomic mass is 16.3. The summed E-state index contributed by atoms with van der Waals surface area (Å²) >= 11 is 0. The first-order valence-electron chi connectivity index (χ1n) is 6.65. The van der Waals surface area contributed by atoms with Crippen molar-refractivity contribution in [3.8, 4) is 22.7 Å². The van der Waals surface area contributed by atoms with Crippen LogP contribution in [0.4, 0.5) is 5.82 Å². The van der Waals surface area contributed by atoms with E-state index in [9.17, 15) is 5.11 Å². The van der Waals surface area contributed by atoms with Crippen LogP contribution in [0, 0.1) is 13.8 Å². The zero-order chi connectivity index (χ0) is 15.0. The lowest BCUT2D eigenvalue weighted by molar-refractivity contribution is 0.470. The molecule has 2 aromatic carbocycles. The molecule has 0 aliphatic heterocycles. The minimum atomic E-state index is 0.113. The lowest BCUT2D eigenvalue weighted by atomic mass is 10.0. The van der Waals surface area contributed by atoms with E-state index in [1.54, 1.807) is 18.2 Å². The molecule has 0 atom stereocenters. The molecule has 3 N–H and O–H groups in total. The van der Waals surface area contributed by atoms with Gasteiger partial charge in [-0.1, -0.05) is 35.0 Å². The van der Waals surface area contributed by atoms with E-state index in [4.69, 9.17) is 5.73 Å². The number of aromatic nitrogens is 3. The van der Waals surface area contributed by atoms with E-state index in [0.717, 1.165) is 16.7 Å². The fourth-order valence-corrected chi connectivity index (χ4v) is 2.29. The first kappa shape index (κ1) is 13.2. The Balaban J connectivity index is 2.16. The Morgan fingerprint density at radius 1 is 1.10 bits per heavy atom. The number of nitrogen functional groups attached to an aromatic ring is 1. The van der Waals surface area contributed by atoms with Crippen molar-refractivity contribution < 1.29 is 5.11 Å². The number of para-hydroxylation sites is 2. The van der Waals surface area contributed by atoms with Gasteiger partial charge in [-0.05, 0) is 37.6 Å². The lowest BCUT2D eigenvalue weighted by Crippen LogP contribution is -2.02. The largest absolute Gasteiger partial charge is 0.506 e. The van der Waals surface area contributed by atoms with E-state index >= 15 is 0 Å². The molecule has 106 valence electrons. The maximum atomic E-state index is 9.92. The quantitative estimate of drug-likeness (QED) is 0.756. The molecule has 0 fully saturated rings. The van der Waals surface area contributed by atoms with Crippen LogP contribution in [0.15, 0.2) is 42.5 Å². The van der Waals surface area contributed by atoms with Crippen molar-refractivity contribution in [3.63, 3.8) is 0 Å². The van der Waals surface area contributed by atoms with Crippen molar-refractivity contribution in [1.82, 2.24) is 15.0 Å². The Labute approximate surface area is 122 Å².